The van der Waals surface area contributed by atoms with E-state index in [0.717, 1.165) is 5.69 Å². The van der Waals surface area contributed by atoms with Crippen LogP contribution in [0.4, 0.5) is 0 Å². The molecule has 0 amide bonds. The number of aromatic nitrogens is 2. The summed E-state index contributed by atoms with van der Waals surface area (Å²) in [6, 6.07) is 1.65. The van der Waals surface area contributed by atoms with E-state index in [1.54, 1.807) is 6.07 Å². The Bertz CT molecular complexity index is 337. The number of hydrogen-bond donors (Lipinski definition) is 1. The molecule has 0 aromatic carbocycles. The van der Waals surface area contributed by atoms with Gasteiger partial charge in [-0.1, -0.05) is 25.7 Å². The molecule has 0 radical (unpaired) electrons. The lowest BCUT2D eigenvalue weighted by Gasteiger charge is -2.11. The van der Waals surface area contributed by atoms with Crippen LogP contribution in [0.1, 0.15) is 50.1 Å². The SMILES string of the molecule is O=c1cc(C2CCCCCC2)nc[nH]1. The zero-order chi connectivity index (χ0) is 9.80. The van der Waals surface area contributed by atoms with Gasteiger partial charge in [0.25, 0.3) is 5.56 Å². The van der Waals surface area contributed by atoms with Crippen LogP contribution < -0.4 is 5.56 Å². The molecule has 0 spiro atoms. The average Bonchev–Trinajstić information content (AvgIpc) is 2.45. The van der Waals surface area contributed by atoms with Gasteiger partial charge in [0.2, 0.25) is 0 Å². The van der Waals surface area contributed by atoms with E-state index in [2.05, 4.69) is 9.97 Å². The van der Waals surface area contributed by atoms with Gasteiger partial charge >= 0.3 is 0 Å². The molecule has 1 aromatic heterocycles. The highest BCUT2D eigenvalue weighted by Gasteiger charge is 2.15. The number of H-pyrrole nitrogens is 1. The Hall–Kier alpha value is -1.12. The van der Waals surface area contributed by atoms with Crippen LogP contribution in [-0.4, -0.2) is 9.97 Å². The fourth-order valence-corrected chi connectivity index (χ4v) is 2.18. The van der Waals surface area contributed by atoms with Gasteiger partial charge in [0, 0.05) is 12.0 Å². The van der Waals surface area contributed by atoms with Gasteiger partial charge in [-0.25, -0.2) is 4.98 Å². The minimum Gasteiger partial charge on any atom is -0.313 e. The van der Waals surface area contributed by atoms with Gasteiger partial charge in [0.05, 0.1) is 12.0 Å². The van der Waals surface area contributed by atoms with Crippen molar-refractivity contribution in [2.24, 2.45) is 0 Å². The summed E-state index contributed by atoms with van der Waals surface area (Å²) >= 11 is 0. The van der Waals surface area contributed by atoms with Crippen LogP contribution in [0.15, 0.2) is 17.2 Å². The standard InChI is InChI=1S/C11H16N2O/c14-11-7-10(12-8-13-11)9-5-3-1-2-4-6-9/h7-9H,1-6H2,(H,12,13,14). The maximum absolute atomic E-state index is 11.1. The molecule has 76 valence electrons. The van der Waals surface area contributed by atoms with Crippen LogP contribution in [0.25, 0.3) is 0 Å². The van der Waals surface area contributed by atoms with Gasteiger partial charge in [0.15, 0.2) is 0 Å². The molecule has 0 saturated heterocycles. The third-order valence-corrected chi connectivity index (χ3v) is 2.97. The summed E-state index contributed by atoms with van der Waals surface area (Å²) in [7, 11) is 0. The molecule has 3 heteroatoms. The van der Waals surface area contributed by atoms with Gasteiger partial charge in [-0.2, -0.15) is 0 Å². The van der Waals surface area contributed by atoms with E-state index < -0.39 is 0 Å². The molecule has 0 atom stereocenters. The predicted molar refractivity (Wildman–Crippen MR) is 55.3 cm³/mol. The molecule has 0 unspecified atom stereocenters. The van der Waals surface area contributed by atoms with E-state index in [9.17, 15) is 4.79 Å². The lowest BCUT2D eigenvalue weighted by atomic mass is 9.96. The fraction of sp³-hybridized carbons (Fsp3) is 0.636. The van der Waals surface area contributed by atoms with Crippen molar-refractivity contribution in [1.82, 2.24) is 9.97 Å². The van der Waals surface area contributed by atoms with Gasteiger partial charge < -0.3 is 4.98 Å². The van der Waals surface area contributed by atoms with Crippen molar-refractivity contribution in [2.45, 2.75) is 44.4 Å². The molecule has 1 fully saturated rings. The Morgan fingerprint density at radius 3 is 2.57 bits per heavy atom. The van der Waals surface area contributed by atoms with Gasteiger partial charge in [-0.05, 0) is 12.8 Å². The summed E-state index contributed by atoms with van der Waals surface area (Å²) in [5.74, 6) is 0.514. The van der Waals surface area contributed by atoms with Gasteiger partial charge in [-0.3, -0.25) is 4.79 Å². The van der Waals surface area contributed by atoms with Gasteiger partial charge in [0.1, 0.15) is 0 Å². The topological polar surface area (TPSA) is 45.8 Å². The normalized spacial score (nSPS) is 19.1. The third kappa shape index (κ3) is 2.22. The minimum absolute atomic E-state index is 0.0285. The summed E-state index contributed by atoms with van der Waals surface area (Å²) in [5, 5.41) is 0. The quantitative estimate of drug-likeness (QED) is 0.693. The van der Waals surface area contributed by atoms with Crippen LogP contribution in [-0.2, 0) is 0 Å². The van der Waals surface area contributed by atoms with E-state index >= 15 is 0 Å². The highest BCUT2D eigenvalue weighted by Crippen LogP contribution is 2.29. The summed E-state index contributed by atoms with van der Waals surface area (Å²) < 4.78 is 0. The first-order valence-electron chi connectivity index (χ1n) is 5.41. The second-order valence-corrected chi connectivity index (χ2v) is 4.02. The summed E-state index contributed by atoms with van der Waals surface area (Å²) in [5.41, 5.74) is 0.954. The van der Waals surface area contributed by atoms with Crippen molar-refractivity contribution in [1.29, 1.82) is 0 Å². The predicted octanol–water partition coefficient (Wildman–Crippen LogP) is 2.21. The second-order valence-electron chi connectivity index (χ2n) is 4.02. The lowest BCUT2D eigenvalue weighted by molar-refractivity contribution is 0.575. The molecule has 14 heavy (non-hydrogen) atoms. The third-order valence-electron chi connectivity index (χ3n) is 2.97. The number of nitrogens with zero attached hydrogens (tertiary/aromatic N) is 1. The number of hydrogen-bond acceptors (Lipinski definition) is 2. The number of rotatable bonds is 1. The molecule has 3 nitrogen and oxygen atoms in total. The van der Waals surface area contributed by atoms with Crippen molar-refractivity contribution in [2.75, 3.05) is 0 Å². The van der Waals surface area contributed by atoms with E-state index in [4.69, 9.17) is 0 Å². The van der Waals surface area contributed by atoms with Crippen LogP contribution in [0.5, 0.6) is 0 Å². The first-order valence-corrected chi connectivity index (χ1v) is 5.41. The average molecular weight is 192 g/mol. The molecule has 1 saturated carbocycles. The molecule has 0 aliphatic heterocycles. The first-order chi connectivity index (χ1) is 6.86. The van der Waals surface area contributed by atoms with E-state index in [1.807, 2.05) is 0 Å². The molecule has 1 aliphatic carbocycles. The van der Waals surface area contributed by atoms with Crippen molar-refractivity contribution in [3.05, 3.63) is 28.4 Å². The maximum Gasteiger partial charge on any atom is 0.250 e. The van der Waals surface area contributed by atoms with Crippen molar-refractivity contribution in [3.63, 3.8) is 0 Å². The summed E-state index contributed by atoms with van der Waals surface area (Å²) in [6.45, 7) is 0. The zero-order valence-corrected chi connectivity index (χ0v) is 8.33. The molecule has 0 bridgehead atoms. The number of aromatic amines is 1. The molecule has 1 aliphatic rings. The van der Waals surface area contributed by atoms with Crippen LogP contribution >= 0.6 is 0 Å². The van der Waals surface area contributed by atoms with Crippen molar-refractivity contribution >= 4 is 0 Å². The Kier molecular flexibility index (Phi) is 2.96. The Morgan fingerprint density at radius 1 is 1.21 bits per heavy atom. The fourth-order valence-electron chi connectivity index (χ4n) is 2.18. The maximum atomic E-state index is 11.1. The smallest absolute Gasteiger partial charge is 0.250 e. The Balaban J connectivity index is 2.16. The monoisotopic (exact) mass is 192 g/mol. The zero-order valence-electron chi connectivity index (χ0n) is 8.33. The summed E-state index contributed by atoms with van der Waals surface area (Å²) in [4.78, 5) is 17.9. The van der Waals surface area contributed by atoms with Crippen molar-refractivity contribution < 1.29 is 0 Å². The lowest BCUT2D eigenvalue weighted by Crippen LogP contribution is -2.10. The molecular formula is C11H16N2O. The van der Waals surface area contributed by atoms with E-state index in [1.165, 1.54) is 44.9 Å². The Labute approximate surface area is 83.6 Å². The van der Waals surface area contributed by atoms with Crippen LogP contribution in [0.2, 0.25) is 0 Å². The molecule has 1 heterocycles. The highest BCUT2D eigenvalue weighted by atomic mass is 16.1. The molecule has 1 aromatic rings. The molecule has 2 rings (SSSR count). The number of nitrogens with one attached hydrogen (secondary N) is 1. The highest BCUT2D eigenvalue weighted by molar-refractivity contribution is 5.06. The first kappa shape index (κ1) is 9.44. The van der Waals surface area contributed by atoms with E-state index in [-0.39, 0.29) is 5.56 Å². The summed E-state index contributed by atoms with van der Waals surface area (Å²) in [6.07, 6.45) is 9.12. The van der Waals surface area contributed by atoms with Gasteiger partial charge in [-0.15, -0.1) is 0 Å². The Morgan fingerprint density at radius 2 is 1.93 bits per heavy atom. The second kappa shape index (κ2) is 4.40. The molecule has 1 N–H and O–H groups in total. The molecular weight excluding hydrogens is 176 g/mol. The van der Waals surface area contributed by atoms with E-state index in [0.29, 0.717) is 5.92 Å². The van der Waals surface area contributed by atoms with Crippen LogP contribution in [0.3, 0.4) is 0 Å². The van der Waals surface area contributed by atoms with Crippen molar-refractivity contribution in [3.8, 4) is 0 Å². The largest absolute Gasteiger partial charge is 0.313 e. The minimum atomic E-state index is -0.0285. The van der Waals surface area contributed by atoms with Crippen LogP contribution in [0, 0.1) is 0 Å².